The molecular formula is C34H39N3O5. The van der Waals surface area contributed by atoms with E-state index in [1.54, 1.807) is 9.80 Å². The number of fused-ring (bicyclic) bond motifs is 2. The van der Waals surface area contributed by atoms with Crippen molar-refractivity contribution in [3.8, 4) is 0 Å². The normalized spacial score (nSPS) is 31.1. The predicted molar refractivity (Wildman–Crippen MR) is 159 cm³/mol. The fraction of sp³-hybridized carbons (Fsp3) is 0.441. The highest BCUT2D eigenvalue weighted by molar-refractivity contribution is 6.06. The average molecular weight is 570 g/mol. The van der Waals surface area contributed by atoms with Crippen LogP contribution in [-0.2, 0) is 25.7 Å². The van der Waals surface area contributed by atoms with Crippen LogP contribution in [0.2, 0.25) is 0 Å². The van der Waals surface area contributed by atoms with Gasteiger partial charge in [0.1, 0.15) is 11.6 Å². The third-order valence-corrected chi connectivity index (χ3v) is 9.53. The molecule has 4 heterocycles. The number of aliphatic hydroxyl groups is 1. The van der Waals surface area contributed by atoms with Crippen LogP contribution in [0.4, 0.5) is 5.69 Å². The van der Waals surface area contributed by atoms with Crippen LogP contribution in [0.1, 0.15) is 37.0 Å². The lowest BCUT2D eigenvalue weighted by atomic mass is 9.74. The number of likely N-dealkylation sites (tertiary alicyclic amines) is 1. The molecule has 220 valence electrons. The Morgan fingerprint density at radius 2 is 1.69 bits per heavy atom. The van der Waals surface area contributed by atoms with Crippen molar-refractivity contribution in [2.75, 3.05) is 24.6 Å². The van der Waals surface area contributed by atoms with Crippen molar-refractivity contribution in [2.45, 2.75) is 63.9 Å². The molecule has 8 nitrogen and oxygen atoms in total. The van der Waals surface area contributed by atoms with Crippen LogP contribution >= 0.6 is 0 Å². The quantitative estimate of drug-likeness (QED) is 0.538. The lowest BCUT2D eigenvalue weighted by Crippen LogP contribution is -2.58. The Balaban J connectivity index is 1.47. The van der Waals surface area contributed by atoms with E-state index in [1.807, 2.05) is 101 Å². The average Bonchev–Trinajstić information content (AvgIpc) is 3.25. The van der Waals surface area contributed by atoms with Gasteiger partial charge < -0.3 is 24.5 Å². The maximum Gasteiger partial charge on any atom is 0.253 e. The third-order valence-electron chi connectivity index (χ3n) is 9.53. The number of amides is 3. The van der Waals surface area contributed by atoms with Crippen LogP contribution in [0.5, 0.6) is 0 Å². The van der Waals surface area contributed by atoms with Crippen LogP contribution in [0.15, 0.2) is 72.8 Å². The van der Waals surface area contributed by atoms with Crippen LogP contribution in [-0.4, -0.2) is 75.6 Å². The Labute approximate surface area is 247 Å². The zero-order valence-electron chi connectivity index (χ0n) is 24.7. The molecule has 0 aliphatic carbocycles. The van der Waals surface area contributed by atoms with Crippen molar-refractivity contribution in [3.63, 3.8) is 0 Å². The maximum absolute atomic E-state index is 14.7. The number of ether oxygens (including phenoxy) is 1. The summed E-state index contributed by atoms with van der Waals surface area (Å²) in [6, 6.07) is 14.1. The van der Waals surface area contributed by atoms with Crippen molar-refractivity contribution in [3.05, 3.63) is 89.5 Å². The van der Waals surface area contributed by atoms with Gasteiger partial charge in [-0.05, 0) is 49.9 Å². The van der Waals surface area contributed by atoms with Crippen molar-refractivity contribution >= 4 is 23.4 Å². The third kappa shape index (κ3) is 4.23. The van der Waals surface area contributed by atoms with Crippen molar-refractivity contribution < 1.29 is 24.2 Å². The molecule has 0 aromatic heterocycles. The van der Waals surface area contributed by atoms with Crippen LogP contribution < -0.4 is 4.90 Å². The van der Waals surface area contributed by atoms with Gasteiger partial charge in [0.25, 0.3) is 5.91 Å². The van der Waals surface area contributed by atoms with Gasteiger partial charge in [-0.15, -0.1) is 0 Å². The molecule has 2 aromatic carbocycles. The lowest BCUT2D eigenvalue weighted by molar-refractivity contribution is -0.151. The summed E-state index contributed by atoms with van der Waals surface area (Å²) in [7, 11) is 0. The number of hydrogen-bond acceptors (Lipinski definition) is 5. The summed E-state index contributed by atoms with van der Waals surface area (Å²) in [5.74, 6) is -2.51. The molecule has 4 aliphatic heterocycles. The first-order chi connectivity index (χ1) is 20.1. The number of anilines is 1. The molecular weight excluding hydrogens is 530 g/mol. The van der Waals surface area contributed by atoms with E-state index < -0.39 is 35.1 Å². The molecule has 1 N–H and O–H groups in total. The molecule has 8 heteroatoms. The van der Waals surface area contributed by atoms with E-state index in [1.165, 1.54) is 4.90 Å². The SMILES string of the molecule is CC[C@@H](CO)N1C(=O)[C@@H]2[C@H]3C(=O)N(Cc4ccccc4)CC=C[C@@]3(C)O[C@@]23C=CCN(c2cc(C)ccc2C)C(=O)C13. The number of carbonyl (C=O) groups is 3. The molecule has 1 spiro atoms. The fourth-order valence-corrected chi connectivity index (χ4v) is 7.49. The number of aryl methyl sites for hydroxylation is 2. The lowest BCUT2D eigenvalue weighted by Gasteiger charge is -2.40. The van der Waals surface area contributed by atoms with Gasteiger partial charge in [0.2, 0.25) is 11.8 Å². The van der Waals surface area contributed by atoms with E-state index in [4.69, 9.17) is 4.74 Å². The highest BCUT2D eigenvalue weighted by Crippen LogP contribution is 2.58. The van der Waals surface area contributed by atoms with E-state index in [0.717, 1.165) is 22.4 Å². The monoisotopic (exact) mass is 569 g/mol. The van der Waals surface area contributed by atoms with Crippen LogP contribution in [0.3, 0.4) is 0 Å². The first-order valence-electron chi connectivity index (χ1n) is 14.8. The number of hydrogen-bond donors (Lipinski definition) is 1. The fourth-order valence-electron chi connectivity index (χ4n) is 7.49. The summed E-state index contributed by atoms with van der Waals surface area (Å²) in [5, 5.41) is 10.4. The van der Waals surface area contributed by atoms with Gasteiger partial charge in [0, 0.05) is 25.3 Å². The summed E-state index contributed by atoms with van der Waals surface area (Å²) in [6.07, 6.45) is 8.04. The van der Waals surface area contributed by atoms with Gasteiger partial charge in [-0.1, -0.05) is 73.7 Å². The summed E-state index contributed by atoms with van der Waals surface area (Å²) >= 11 is 0. The van der Waals surface area contributed by atoms with E-state index >= 15 is 0 Å². The zero-order chi connectivity index (χ0) is 29.8. The highest BCUT2D eigenvalue weighted by atomic mass is 16.5. The molecule has 2 saturated heterocycles. The molecule has 6 rings (SSSR count). The Morgan fingerprint density at radius 3 is 2.40 bits per heavy atom. The molecule has 4 aliphatic rings. The molecule has 6 atom stereocenters. The first-order valence-corrected chi connectivity index (χ1v) is 14.8. The molecule has 2 aromatic rings. The van der Waals surface area contributed by atoms with Gasteiger partial charge in [-0.3, -0.25) is 14.4 Å². The van der Waals surface area contributed by atoms with Crippen molar-refractivity contribution in [1.82, 2.24) is 9.80 Å². The topological polar surface area (TPSA) is 90.4 Å². The van der Waals surface area contributed by atoms with Crippen LogP contribution in [0.25, 0.3) is 0 Å². The number of benzene rings is 2. The summed E-state index contributed by atoms with van der Waals surface area (Å²) < 4.78 is 6.93. The smallest absolute Gasteiger partial charge is 0.253 e. The molecule has 42 heavy (non-hydrogen) atoms. The van der Waals surface area contributed by atoms with Crippen molar-refractivity contribution in [1.29, 1.82) is 0 Å². The van der Waals surface area contributed by atoms with Crippen molar-refractivity contribution in [2.24, 2.45) is 11.8 Å². The van der Waals surface area contributed by atoms with Gasteiger partial charge in [0.05, 0.1) is 30.1 Å². The molecule has 2 fully saturated rings. The molecule has 0 saturated carbocycles. The summed E-state index contributed by atoms with van der Waals surface area (Å²) in [5.41, 5.74) is 1.28. The Kier molecular flexibility index (Phi) is 7.10. The van der Waals surface area contributed by atoms with E-state index in [2.05, 4.69) is 0 Å². The highest BCUT2D eigenvalue weighted by Gasteiger charge is 2.75. The summed E-state index contributed by atoms with van der Waals surface area (Å²) in [6.45, 7) is 8.50. The first kappa shape index (κ1) is 28.4. The Bertz CT molecular complexity index is 1470. The standard InChI is InChI=1S/C34H39N3O5/c1-5-25(21-38)37-29-32(41)36(26-19-22(2)13-14-23(26)3)18-10-16-34(29)28(31(37)40)27-30(39)35(17-9-15-33(27,4)42-34)20-24-11-7-6-8-12-24/h6-16,19,25,27-29,38H,5,17-18,20-21H2,1-4H3/t25-,27-,28-,29?,33+,34-/m0/s1. The number of rotatable bonds is 6. The minimum atomic E-state index is -1.36. The maximum atomic E-state index is 14.7. The minimum absolute atomic E-state index is 0.171. The van der Waals surface area contributed by atoms with E-state index in [0.29, 0.717) is 26.1 Å². The number of aliphatic hydroxyl groups excluding tert-OH is 1. The Hall–Kier alpha value is -3.75. The second kappa shape index (κ2) is 10.5. The van der Waals surface area contributed by atoms with Gasteiger partial charge in [0.15, 0.2) is 0 Å². The van der Waals surface area contributed by atoms with Gasteiger partial charge in [-0.25, -0.2) is 0 Å². The van der Waals surface area contributed by atoms with Crippen LogP contribution in [0, 0.1) is 25.7 Å². The minimum Gasteiger partial charge on any atom is -0.394 e. The number of carbonyl (C=O) groups excluding carboxylic acids is 3. The molecule has 3 amide bonds. The summed E-state index contributed by atoms with van der Waals surface area (Å²) in [4.78, 5) is 48.7. The number of nitrogens with zero attached hydrogens (tertiary/aromatic N) is 3. The van der Waals surface area contributed by atoms with Gasteiger partial charge >= 0.3 is 0 Å². The molecule has 1 unspecified atom stereocenters. The largest absolute Gasteiger partial charge is 0.394 e. The Morgan fingerprint density at radius 1 is 0.952 bits per heavy atom. The van der Waals surface area contributed by atoms with E-state index in [9.17, 15) is 19.5 Å². The second-order valence-electron chi connectivity index (χ2n) is 12.2. The molecule has 0 bridgehead atoms. The van der Waals surface area contributed by atoms with Gasteiger partial charge in [-0.2, -0.15) is 0 Å². The zero-order valence-corrected chi connectivity index (χ0v) is 24.7. The molecule has 0 radical (unpaired) electrons. The second-order valence-corrected chi connectivity index (χ2v) is 12.2. The predicted octanol–water partition coefficient (Wildman–Crippen LogP) is 3.55. The van der Waals surface area contributed by atoms with E-state index in [-0.39, 0.29) is 24.3 Å².